The Hall–Kier alpha value is -3.56. The van der Waals surface area contributed by atoms with Gasteiger partial charge in [0.15, 0.2) is 11.5 Å². The summed E-state index contributed by atoms with van der Waals surface area (Å²) in [6.07, 6.45) is 3.67. The first-order valence-electron chi connectivity index (χ1n) is 11.0. The van der Waals surface area contributed by atoms with Gasteiger partial charge in [-0.15, -0.1) is 0 Å². The minimum atomic E-state index is -0.209. The van der Waals surface area contributed by atoms with E-state index in [9.17, 15) is 9.90 Å². The molecule has 1 fully saturated rings. The molecule has 1 aromatic heterocycles. The van der Waals surface area contributed by atoms with E-state index >= 15 is 0 Å². The highest BCUT2D eigenvalue weighted by atomic mass is 16.5. The topological polar surface area (TPSA) is 109 Å². The Bertz CT molecular complexity index is 1040. The number of hydrogen-bond donors (Lipinski definition) is 3. The van der Waals surface area contributed by atoms with E-state index in [0.29, 0.717) is 23.8 Å². The number of phenolic OH excluding ortho intramolecular Hbond substituents is 1. The van der Waals surface area contributed by atoms with Crippen LogP contribution in [0.3, 0.4) is 0 Å². The van der Waals surface area contributed by atoms with Crippen LogP contribution in [0.5, 0.6) is 17.2 Å². The lowest BCUT2D eigenvalue weighted by Crippen LogP contribution is -2.38. The number of amides is 1. The molecule has 174 valence electrons. The number of aromatic nitrogens is 2. The first kappa shape index (κ1) is 22.6. The van der Waals surface area contributed by atoms with Crippen molar-refractivity contribution < 1.29 is 24.1 Å². The number of hydrogen-bond acceptors (Lipinski definition) is 7. The van der Waals surface area contributed by atoms with Gasteiger partial charge >= 0.3 is 0 Å². The monoisotopic (exact) mass is 452 g/mol. The molecule has 3 N–H and O–H groups in total. The maximum absolute atomic E-state index is 12.5. The van der Waals surface area contributed by atoms with Crippen molar-refractivity contribution >= 4 is 11.6 Å². The summed E-state index contributed by atoms with van der Waals surface area (Å²) in [7, 11) is 0. The molecular weight excluding hydrogens is 424 g/mol. The number of ether oxygens (including phenoxy) is 3. The van der Waals surface area contributed by atoms with Gasteiger partial charge in [0.1, 0.15) is 12.4 Å². The number of morpholine rings is 1. The van der Waals surface area contributed by atoms with Gasteiger partial charge in [-0.1, -0.05) is 18.2 Å². The average molecular weight is 453 g/mol. The number of carbonyl (C=O) groups is 1. The van der Waals surface area contributed by atoms with Crippen LogP contribution in [0, 0.1) is 0 Å². The Morgan fingerprint density at radius 2 is 1.91 bits per heavy atom. The molecule has 0 unspecified atom stereocenters. The number of nitrogens with one attached hydrogen (secondary N) is 2. The Kier molecular flexibility index (Phi) is 7.78. The SMILES string of the molecule is O=C(CCOc1ccccc1O)Nc1ccc(-c2cn[nH]c2)cc1OCCN1CCOCC1. The second-order valence-electron chi connectivity index (χ2n) is 7.61. The minimum Gasteiger partial charge on any atom is -0.504 e. The van der Waals surface area contributed by atoms with Crippen LogP contribution in [0.25, 0.3) is 11.1 Å². The summed E-state index contributed by atoms with van der Waals surface area (Å²) in [5.41, 5.74) is 2.46. The first-order chi connectivity index (χ1) is 16.2. The molecule has 1 amide bonds. The number of phenols is 1. The maximum atomic E-state index is 12.5. The second-order valence-corrected chi connectivity index (χ2v) is 7.61. The van der Waals surface area contributed by atoms with Crippen LogP contribution in [-0.4, -0.2) is 72.2 Å². The highest BCUT2D eigenvalue weighted by molar-refractivity contribution is 5.93. The number of H-pyrrole nitrogens is 1. The van der Waals surface area contributed by atoms with Crippen LogP contribution in [0.4, 0.5) is 5.69 Å². The summed E-state index contributed by atoms with van der Waals surface area (Å²) >= 11 is 0. The molecule has 33 heavy (non-hydrogen) atoms. The van der Waals surface area contributed by atoms with Gasteiger partial charge in [0, 0.05) is 31.4 Å². The van der Waals surface area contributed by atoms with Crippen LogP contribution < -0.4 is 14.8 Å². The number of rotatable bonds is 10. The molecule has 9 heteroatoms. The van der Waals surface area contributed by atoms with Gasteiger partial charge in [-0.3, -0.25) is 14.8 Å². The average Bonchev–Trinajstić information content (AvgIpc) is 3.37. The zero-order chi connectivity index (χ0) is 22.9. The molecule has 9 nitrogen and oxygen atoms in total. The highest BCUT2D eigenvalue weighted by Crippen LogP contribution is 2.31. The molecule has 1 aliphatic rings. The Morgan fingerprint density at radius 3 is 2.70 bits per heavy atom. The van der Waals surface area contributed by atoms with Crippen LogP contribution in [0.1, 0.15) is 6.42 Å². The van der Waals surface area contributed by atoms with Crippen LogP contribution >= 0.6 is 0 Å². The molecule has 4 rings (SSSR count). The van der Waals surface area contributed by atoms with E-state index < -0.39 is 0 Å². The summed E-state index contributed by atoms with van der Waals surface area (Å²) in [5, 5.41) is 19.5. The lowest BCUT2D eigenvalue weighted by Gasteiger charge is -2.26. The van der Waals surface area contributed by atoms with Crippen molar-refractivity contribution in [2.24, 2.45) is 0 Å². The lowest BCUT2D eigenvalue weighted by molar-refractivity contribution is -0.116. The van der Waals surface area contributed by atoms with Gasteiger partial charge in [-0.25, -0.2) is 0 Å². The molecule has 0 aliphatic carbocycles. The van der Waals surface area contributed by atoms with Gasteiger partial charge in [0.25, 0.3) is 0 Å². The van der Waals surface area contributed by atoms with Gasteiger partial charge in [0.2, 0.25) is 5.91 Å². The predicted molar refractivity (Wildman–Crippen MR) is 124 cm³/mol. The van der Waals surface area contributed by atoms with E-state index in [1.165, 1.54) is 6.07 Å². The second kappa shape index (κ2) is 11.3. The summed E-state index contributed by atoms with van der Waals surface area (Å²) < 4.78 is 17.0. The normalized spacial score (nSPS) is 14.1. The van der Waals surface area contributed by atoms with Crippen molar-refractivity contribution in [2.45, 2.75) is 6.42 Å². The third kappa shape index (κ3) is 6.47. The molecule has 1 saturated heterocycles. The van der Waals surface area contributed by atoms with E-state index in [2.05, 4.69) is 20.4 Å². The zero-order valence-corrected chi connectivity index (χ0v) is 18.3. The summed E-state index contributed by atoms with van der Waals surface area (Å²) in [5.74, 6) is 0.780. The molecule has 0 radical (unpaired) electrons. The first-order valence-corrected chi connectivity index (χ1v) is 11.0. The smallest absolute Gasteiger partial charge is 0.227 e. The van der Waals surface area contributed by atoms with Crippen LogP contribution in [0.2, 0.25) is 0 Å². The van der Waals surface area contributed by atoms with Crippen molar-refractivity contribution in [3.8, 4) is 28.4 Å². The van der Waals surface area contributed by atoms with E-state index in [4.69, 9.17) is 14.2 Å². The van der Waals surface area contributed by atoms with Crippen molar-refractivity contribution in [1.82, 2.24) is 15.1 Å². The molecule has 2 heterocycles. The number of carbonyl (C=O) groups excluding carboxylic acids is 1. The van der Waals surface area contributed by atoms with Crippen molar-refractivity contribution in [3.05, 3.63) is 54.9 Å². The van der Waals surface area contributed by atoms with Gasteiger partial charge in [0.05, 0.1) is 38.1 Å². The Morgan fingerprint density at radius 1 is 1.09 bits per heavy atom. The highest BCUT2D eigenvalue weighted by Gasteiger charge is 2.14. The van der Waals surface area contributed by atoms with E-state index in [0.717, 1.165) is 44.0 Å². The maximum Gasteiger partial charge on any atom is 0.227 e. The number of anilines is 1. The summed E-state index contributed by atoms with van der Waals surface area (Å²) in [4.78, 5) is 14.8. The van der Waals surface area contributed by atoms with E-state index in [-0.39, 0.29) is 24.7 Å². The van der Waals surface area contributed by atoms with Gasteiger partial charge in [-0.05, 0) is 29.8 Å². The molecular formula is C24H28N4O5. The fraction of sp³-hybridized carbons (Fsp3) is 0.333. The molecule has 0 bridgehead atoms. The van der Waals surface area contributed by atoms with Crippen LogP contribution in [0.15, 0.2) is 54.9 Å². The lowest BCUT2D eigenvalue weighted by atomic mass is 10.1. The standard InChI is InChI=1S/C24H28N4O5/c29-21-3-1-2-4-22(21)32-11-7-24(30)27-20-6-5-18(19-16-25-26-17-19)15-23(20)33-14-10-28-8-12-31-13-9-28/h1-6,15-17,29H,7-14H2,(H,25,26)(H,27,30). The Labute approximate surface area is 192 Å². The van der Waals surface area contributed by atoms with Crippen molar-refractivity contribution in [3.63, 3.8) is 0 Å². The number of nitrogens with zero attached hydrogens (tertiary/aromatic N) is 2. The van der Waals surface area contributed by atoms with E-state index in [1.807, 2.05) is 18.2 Å². The van der Waals surface area contributed by atoms with Crippen molar-refractivity contribution in [2.75, 3.05) is 51.4 Å². The number of aromatic amines is 1. The van der Waals surface area contributed by atoms with Crippen molar-refractivity contribution in [1.29, 1.82) is 0 Å². The van der Waals surface area contributed by atoms with Gasteiger partial charge in [-0.2, -0.15) is 5.10 Å². The molecule has 0 spiro atoms. The minimum absolute atomic E-state index is 0.0451. The fourth-order valence-corrected chi connectivity index (χ4v) is 3.49. The largest absolute Gasteiger partial charge is 0.504 e. The zero-order valence-electron chi connectivity index (χ0n) is 18.3. The van der Waals surface area contributed by atoms with Gasteiger partial charge < -0.3 is 24.6 Å². The van der Waals surface area contributed by atoms with Crippen LogP contribution in [-0.2, 0) is 9.53 Å². The Balaban J connectivity index is 1.37. The molecule has 0 atom stereocenters. The number of para-hydroxylation sites is 2. The summed E-state index contributed by atoms with van der Waals surface area (Å²) in [6, 6.07) is 12.3. The number of benzene rings is 2. The molecule has 1 aliphatic heterocycles. The van der Waals surface area contributed by atoms with E-state index in [1.54, 1.807) is 30.6 Å². The quantitative estimate of drug-likeness (QED) is 0.434. The third-order valence-corrected chi connectivity index (χ3v) is 5.31. The summed E-state index contributed by atoms with van der Waals surface area (Å²) in [6.45, 7) is 4.66. The third-order valence-electron chi connectivity index (χ3n) is 5.31. The molecule has 2 aromatic carbocycles. The predicted octanol–water partition coefficient (Wildman–Crippen LogP) is 2.90. The number of aromatic hydroxyl groups is 1. The fourth-order valence-electron chi connectivity index (χ4n) is 3.49. The molecule has 3 aromatic rings. The molecule has 0 saturated carbocycles.